The molecule has 2 aromatic rings. The Hall–Kier alpha value is -1.68. The lowest BCUT2D eigenvalue weighted by Gasteiger charge is -2.39. The number of rotatable bonds is 3. The van der Waals surface area contributed by atoms with Crippen molar-refractivity contribution in [3.8, 4) is 0 Å². The van der Waals surface area contributed by atoms with Gasteiger partial charge in [-0.25, -0.2) is 0 Å². The Balaban J connectivity index is 1.55. The number of H-pyrrole nitrogens is 1. The van der Waals surface area contributed by atoms with Crippen LogP contribution in [0.3, 0.4) is 0 Å². The van der Waals surface area contributed by atoms with E-state index in [1.54, 1.807) is 0 Å². The van der Waals surface area contributed by atoms with E-state index in [1.807, 2.05) is 18.5 Å². The first-order valence-electron chi connectivity index (χ1n) is 7.19. The van der Waals surface area contributed by atoms with E-state index in [2.05, 4.69) is 53.0 Å². The zero-order valence-electron chi connectivity index (χ0n) is 12.4. The molecule has 0 amide bonds. The third kappa shape index (κ3) is 2.75. The summed E-state index contributed by atoms with van der Waals surface area (Å²) < 4.78 is 0. The second kappa shape index (κ2) is 5.02. The lowest BCUT2D eigenvalue weighted by molar-refractivity contribution is 0.137. The van der Waals surface area contributed by atoms with E-state index < -0.39 is 0 Å². The van der Waals surface area contributed by atoms with E-state index in [0.29, 0.717) is 5.92 Å². The molecule has 3 heterocycles. The fourth-order valence-corrected chi connectivity index (χ4v) is 2.59. The van der Waals surface area contributed by atoms with Crippen LogP contribution in [-0.4, -0.2) is 33.2 Å². The Kier molecular flexibility index (Phi) is 3.34. The fourth-order valence-electron chi connectivity index (χ4n) is 2.59. The summed E-state index contributed by atoms with van der Waals surface area (Å²) in [6, 6.07) is 6.38. The molecule has 4 nitrogen and oxygen atoms in total. The van der Waals surface area contributed by atoms with Gasteiger partial charge in [-0.05, 0) is 17.7 Å². The maximum absolute atomic E-state index is 4.41. The molecule has 20 heavy (non-hydrogen) atoms. The van der Waals surface area contributed by atoms with Crippen LogP contribution in [0.2, 0.25) is 0 Å². The maximum atomic E-state index is 4.41. The van der Waals surface area contributed by atoms with Crippen molar-refractivity contribution in [1.29, 1.82) is 0 Å². The minimum Gasteiger partial charge on any atom is -0.296 e. The number of aromatic amines is 1. The smallest absolute Gasteiger partial charge is 0.0678 e. The van der Waals surface area contributed by atoms with Crippen LogP contribution in [0.1, 0.15) is 43.6 Å². The molecule has 0 atom stereocenters. The minimum atomic E-state index is 0.113. The molecular formula is C16H22N4. The van der Waals surface area contributed by atoms with E-state index in [9.17, 15) is 0 Å². The van der Waals surface area contributed by atoms with Crippen LogP contribution >= 0.6 is 0 Å². The summed E-state index contributed by atoms with van der Waals surface area (Å²) in [5, 5.41) is 7.58. The average Bonchev–Trinajstić information content (AvgIpc) is 2.83. The number of nitrogens with zero attached hydrogens (tertiary/aromatic N) is 3. The first-order chi connectivity index (χ1) is 9.52. The van der Waals surface area contributed by atoms with Crippen LogP contribution in [0.4, 0.5) is 0 Å². The monoisotopic (exact) mass is 270 g/mol. The quantitative estimate of drug-likeness (QED) is 0.932. The lowest BCUT2D eigenvalue weighted by atomic mass is 9.91. The molecule has 0 spiro atoms. The zero-order chi connectivity index (χ0) is 14.2. The predicted molar refractivity (Wildman–Crippen MR) is 79.5 cm³/mol. The molecule has 3 rings (SSSR count). The highest BCUT2D eigenvalue weighted by molar-refractivity contribution is 5.20. The molecule has 1 saturated heterocycles. The molecule has 1 aliphatic rings. The number of likely N-dealkylation sites (tertiary alicyclic amines) is 1. The van der Waals surface area contributed by atoms with Crippen LogP contribution < -0.4 is 0 Å². The summed E-state index contributed by atoms with van der Waals surface area (Å²) in [7, 11) is 0. The third-order valence-corrected chi connectivity index (χ3v) is 3.91. The second-order valence-corrected chi connectivity index (χ2v) is 6.71. The van der Waals surface area contributed by atoms with E-state index in [1.165, 1.54) is 11.3 Å². The van der Waals surface area contributed by atoms with Crippen molar-refractivity contribution in [2.75, 3.05) is 13.1 Å². The first-order valence-corrected chi connectivity index (χ1v) is 7.19. The summed E-state index contributed by atoms with van der Waals surface area (Å²) in [5.41, 5.74) is 3.81. The standard InChI is InChI=1S/C16H22N4/c1-16(2,3)15-7-14(18-19-15)11-20-9-13(10-20)12-5-4-6-17-8-12/h4-8,13H,9-11H2,1-3H3,(H,18,19). The van der Waals surface area contributed by atoms with Crippen molar-refractivity contribution >= 4 is 0 Å². The molecule has 1 N–H and O–H groups in total. The first kappa shape index (κ1) is 13.3. The number of aromatic nitrogens is 3. The van der Waals surface area contributed by atoms with Gasteiger partial charge in [0.25, 0.3) is 0 Å². The highest BCUT2D eigenvalue weighted by Crippen LogP contribution is 2.28. The van der Waals surface area contributed by atoms with E-state index in [0.717, 1.165) is 25.3 Å². The summed E-state index contributed by atoms with van der Waals surface area (Å²) in [6.07, 6.45) is 3.81. The Morgan fingerprint density at radius 3 is 2.75 bits per heavy atom. The van der Waals surface area contributed by atoms with Gasteiger partial charge in [-0.2, -0.15) is 5.10 Å². The SMILES string of the molecule is CC(C)(C)c1cc(CN2CC(c3cccnc3)C2)[nH]n1. The van der Waals surface area contributed by atoms with E-state index in [4.69, 9.17) is 0 Å². The normalized spacial score (nSPS) is 17.1. The second-order valence-electron chi connectivity index (χ2n) is 6.71. The molecule has 2 aromatic heterocycles. The summed E-state index contributed by atoms with van der Waals surface area (Å²) in [6.45, 7) is 9.74. The predicted octanol–water partition coefficient (Wildman–Crippen LogP) is 2.70. The van der Waals surface area contributed by atoms with Crippen molar-refractivity contribution in [3.05, 3.63) is 47.5 Å². The van der Waals surface area contributed by atoms with Gasteiger partial charge in [0.2, 0.25) is 0 Å². The molecule has 1 fully saturated rings. The molecule has 4 heteroatoms. The Morgan fingerprint density at radius 2 is 2.15 bits per heavy atom. The van der Waals surface area contributed by atoms with Crippen LogP contribution in [0.15, 0.2) is 30.6 Å². The van der Waals surface area contributed by atoms with E-state index >= 15 is 0 Å². The third-order valence-electron chi connectivity index (χ3n) is 3.91. The van der Waals surface area contributed by atoms with E-state index in [-0.39, 0.29) is 5.41 Å². The number of hydrogen-bond donors (Lipinski definition) is 1. The number of pyridine rings is 1. The highest BCUT2D eigenvalue weighted by Gasteiger charge is 2.28. The molecule has 106 valence electrons. The maximum Gasteiger partial charge on any atom is 0.0678 e. The van der Waals surface area contributed by atoms with Gasteiger partial charge >= 0.3 is 0 Å². The number of hydrogen-bond acceptors (Lipinski definition) is 3. The van der Waals surface area contributed by atoms with Gasteiger partial charge in [0.15, 0.2) is 0 Å². The molecule has 0 radical (unpaired) electrons. The Bertz CT molecular complexity index is 562. The van der Waals surface area contributed by atoms with Gasteiger partial charge in [0.1, 0.15) is 0 Å². The molecule has 1 aliphatic heterocycles. The van der Waals surface area contributed by atoms with Gasteiger partial charge in [0, 0.05) is 49.1 Å². The van der Waals surface area contributed by atoms with Gasteiger partial charge in [-0.15, -0.1) is 0 Å². The summed E-state index contributed by atoms with van der Waals surface area (Å²) in [5.74, 6) is 0.633. The van der Waals surface area contributed by atoms with Gasteiger partial charge < -0.3 is 0 Å². The van der Waals surface area contributed by atoms with Crippen molar-refractivity contribution in [1.82, 2.24) is 20.1 Å². The van der Waals surface area contributed by atoms with Crippen LogP contribution in [0.5, 0.6) is 0 Å². The number of nitrogens with one attached hydrogen (secondary N) is 1. The summed E-state index contributed by atoms with van der Waals surface area (Å²) in [4.78, 5) is 6.63. The van der Waals surface area contributed by atoms with Crippen molar-refractivity contribution in [2.24, 2.45) is 0 Å². The lowest BCUT2D eigenvalue weighted by Crippen LogP contribution is -2.44. The fraction of sp³-hybridized carbons (Fsp3) is 0.500. The molecule has 0 unspecified atom stereocenters. The summed E-state index contributed by atoms with van der Waals surface area (Å²) >= 11 is 0. The van der Waals surface area contributed by atoms with Crippen molar-refractivity contribution < 1.29 is 0 Å². The molecule has 0 aliphatic carbocycles. The largest absolute Gasteiger partial charge is 0.296 e. The zero-order valence-corrected chi connectivity index (χ0v) is 12.4. The highest BCUT2D eigenvalue weighted by atomic mass is 15.2. The van der Waals surface area contributed by atoms with Crippen molar-refractivity contribution in [3.63, 3.8) is 0 Å². The molecular weight excluding hydrogens is 248 g/mol. The van der Waals surface area contributed by atoms with Crippen LogP contribution in [0.25, 0.3) is 0 Å². The van der Waals surface area contributed by atoms with Gasteiger partial charge in [-0.1, -0.05) is 26.8 Å². The molecule has 0 bridgehead atoms. The van der Waals surface area contributed by atoms with Gasteiger partial charge in [0.05, 0.1) is 5.69 Å². The average molecular weight is 270 g/mol. The molecule has 0 saturated carbocycles. The minimum absolute atomic E-state index is 0.113. The van der Waals surface area contributed by atoms with Gasteiger partial charge in [-0.3, -0.25) is 15.0 Å². The Morgan fingerprint density at radius 1 is 1.35 bits per heavy atom. The topological polar surface area (TPSA) is 44.8 Å². The molecule has 0 aromatic carbocycles. The Labute approximate surface area is 120 Å². The van der Waals surface area contributed by atoms with Crippen LogP contribution in [0, 0.1) is 0 Å². The van der Waals surface area contributed by atoms with Crippen LogP contribution in [-0.2, 0) is 12.0 Å². The van der Waals surface area contributed by atoms with Crippen molar-refractivity contribution in [2.45, 2.75) is 38.6 Å².